The fourth-order valence-corrected chi connectivity index (χ4v) is 0. The molecule has 0 fully saturated rings. The van der Waals surface area contributed by atoms with E-state index in [1.165, 1.54) is 0 Å². The molecule has 0 rings (SSSR count). The molecule has 4 nitrogen and oxygen atoms in total. The third kappa shape index (κ3) is 15.9. The fourth-order valence-electron chi connectivity index (χ4n) is 0. The maximum absolute atomic E-state index is 10.2. The van der Waals surface area contributed by atoms with Crippen molar-refractivity contribution in [2.45, 2.75) is 0 Å². The second-order valence-electron chi connectivity index (χ2n) is 0.560. The van der Waals surface area contributed by atoms with Gasteiger partial charge in [-0.25, -0.2) is 4.57 Å². The summed E-state index contributed by atoms with van der Waals surface area (Å²) in [6.45, 7) is 0. The second-order valence-corrected chi connectivity index (χ2v) is 1.68. The Hall–Kier alpha value is 2.87. The van der Waals surface area contributed by atoms with E-state index in [0.717, 1.165) is 0 Å². The summed E-state index contributed by atoms with van der Waals surface area (Å²) in [5, 5.41) is 0. The molecule has 0 atom stereocenters. The predicted octanol–water partition coefficient (Wildman–Crippen LogP) is -1.85. The van der Waals surface area contributed by atoms with Crippen LogP contribution < -0.4 is 0 Å². The van der Waals surface area contributed by atoms with Crippen molar-refractivity contribution in [1.29, 1.82) is 0 Å². The number of hydrogen-bond donors (Lipinski definition) is 2. The quantitative estimate of drug-likeness (QED) is 0.440. The maximum atomic E-state index is 10.2. The van der Waals surface area contributed by atoms with Gasteiger partial charge in [-0.15, -0.1) is 0 Å². The number of hydrogen-bond acceptors (Lipinski definition) is 2. The molecule has 8 heavy (non-hydrogen) atoms. The van der Waals surface area contributed by atoms with E-state index in [4.69, 9.17) is 14.4 Å². The van der Waals surface area contributed by atoms with Crippen LogP contribution in [0, 0.1) is 0 Å². The Labute approximate surface area is 115 Å². The molecule has 0 aromatic heterocycles. The molecule has 0 heterocycles. The number of halogens is 1. The van der Waals surface area contributed by atoms with Gasteiger partial charge < -0.3 is 9.79 Å². The van der Waals surface area contributed by atoms with Gasteiger partial charge in [-0.05, 0) is 4.53 Å². The van der Waals surface area contributed by atoms with Crippen LogP contribution in [0.2, 0.25) is 0 Å². The van der Waals surface area contributed by atoms with Gasteiger partial charge in [-0.1, -0.05) is 4.73 Å². The van der Waals surface area contributed by atoms with Gasteiger partial charge >= 0.3 is 94.4 Å². The molecule has 0 radical (unpaired) electrons. The van der Waals surface area contributed by atoms with Crippen LogP contribution in [0.5, 0.6) is 0 Å². The Balaban J connectivity index is -0.000000125. The second kappa shape index (κ2) is 7.97. The first-order chi connectivity index (χ1) is 2.56. The number of rotatable bonds is 1. The molecule has 0 aromatic rings. The van der Waals surface area contributed by atoms with Gasteiger partial charge in [-0.2, -0.15) is 0 Å². The zero-order chi connectivity index (χ0) is 5.21. The molecular weight excluding hydrogens is 291 g/mol. The van der Waals surface area contributed by atoms with Crippen LogP contribution in [0.4, 0.5) is 4.53 Å². The van der Waals surface area contributed by atoms with Gasteiger partial charge in [0.1, 0.15) is 0 Å². The summed E-state index contributed by atoms with van der Waals surface area (Å²) in [5.41, 5.74) is 0. The van der Waals surface area contributed by atoms with Crippen molar-refractivity contribution in [3.8, 4) is 0 Å². The molecular formula is H6BaCaFO4P. The Morgan fingerprint density at radius 3 is 1.62 bits per heavy atom. The molecule has 0 saturated heterocycles. The van der Waals surface area contributed by atoms with Crippen LogP contribution in [-0.4, -0.2) is 96.4 Å². The van der Waals surface area contributed by atoms with Gasteiger partial charge in [0, 0.05) is 0 Å². The zero-order valence-corrected chi connectivity index (χ0v) is 3.43. The summed E-state index contributed by atoms with van der Waals surface area (Å²) in [6.07, 6.45) is 0. The third-order valence-corrected chi connectivity index (χ3v) is 0.270. The molecule has 0 saturated carbocycles. The predicted molar refractivity (Wildman–Crippen MR) is 31.3 cm³/mol. The van der Waals surface area contributed by atoms with E-state index in [0.29, 0.717) is 0 Å². The minimum atomic E-state index is -4.81. The van der Waals surface area contributed by atoms with Crippen molar-refractivity contribution < 1.29 is 23.6 Å². The molecule has 0 aliphatic heterocycles. The van der Waals surface area contributed by atoms with Gasteiger partial charge in [0.25, 0.3) is 0 Å². The van der Waals surface area contributed by atoms with Crippen LogP contribution in [0.15, 0.2) is 0 Å². The SMILES string of the molecule is O=P(O)(O)OF.[BaH2].[CaH2]. The molecule has 0 amide bonds. The standard InChI is InChI=1S/Ba.Ca.FH2O4P.4H/c;;1-5-6(2,3)4;;;;/h;;(H2,2,3,4);;;;. The molecule has 8 heteroatoms. The Morgan fingerprint density at radius 1 is 1.50 bits per heavy atom. The summed E-state index contributed by atoms with van der Waals surface area (Å²) >= 11 is 0. The fraction of sp³-hybridized carbons (Fsp3) is 0. The van der Waals surface area contributed by atoms with Crippen molar-refractivity contribution >= 4 is 94.4 Å². The van der Waals surface area contributed by atoms with E-state index in [-0.39, 0.29) is 86.6 Å². The normalized spacial score (nSPS) is 8.88. The van der Waals surface area contributed by atoms with Gasteiger partial charge in [-0.3, -0.25) is 0 Å². The molecule has 46 valence electrons. The Kier molecular flexibility index (Phi) is 17.0. The van der Waals surface area contributed by atoms with E-state index in [9.17, 15) is 4.53 Å². The van der Waals surface area contributed by atoms with Gasteiger partial charge in [0.05, 0.1) is 0 Å². The van der Waals surface area contributed by atoms with Crippen LogP contribution >= 0.6 is 7.82 Å². The summed E-state index contributed by atoms with van der Waals surface area (Å²) < 4.78 is 21.4. The van der Waals surface area contributed by atoms with Crippen molar-refractivity contribution in [3.05, 3.63) is 0 Å². The van der Waals surface area contributed by atoms with E-state index in [1.54, 1.807) is 0 Å². The van der Waals surface area contributed by atoms with E-state index in [1.807, 2.05) is 0 Å². The molecule has 0 aliphatic rings. The Bertz CT molecular complexity index is 80.1. The van der Waals surface area contributed by atoms with Gasteiger partial charge in [0.2, 0.25) is 0 Å². The topological polar surface area (TPSA) is 66.8 Å². The van der Waals surface area contributed by atoms with Crippen LogP contribution in [0.3, 0.4) is 0 Å². The summed E-state index contributed by atoms with van der Waals surface area (Å²) in [7, 11) is -4.81. The first-order valence-electron chi connectivity index (χ1n) is 0.919. The average molecular weight is 297 g/mol. The van der Waals surface area contributed by atoms with Crippen molar-refractivity contribution in [2.75, 3.05) is 0 Å². The van der Waals surface area contributed by atoms with Crippen LogP contribution in [0.1, 0.15) is 0 Å². The van der Waals surface area contributed by atoms with Crippen LogP contribution in [0.25, 0.3) is 0 Å². The van der Waals surface area contributed by atoms with E-state index >= 15 is 0 Å². The molecule has 0 unspecified atom stereocenters. The van der Waals surface area contributed by atoms with E-state index in [2.05, 4.69) is 4.73 Å². The average Bonchev–Trinajstić information content (AvgIpc) is 1.35. The molecule has 0 spiro atoms. The van der Waals surface area contributed by atoms with Crippen molar-refractivity contribution in [2.24, 2.45) is 0 Å². The van der Waals surface area contributed by atoms with Gasteiger partial charge in [0.15, 0.2) is 0 Å². The van der Waals surface area contributed by atoms with Crippen LogP contribution in [-0.2, 0) is 9.29 Å². The minimum absolute atomic E-state index is 0. The molecule has 0 bridgehead atoms. The third-order valence-electron chi connectivity index (χ3n) is 0.0899. The first-order valence-corrected chi connectivity index (χ1v) is 2.45. The summed E-state index contributed by atoms with van der Waals surface area (Å²) in [6, 6.07) is 0. The molecule has 0 aromatic carbocycles. The molecule has 2 N–H and O–H groups in total. The zero-order valence-electron chi connectivity index (χ0n) is 2.54. The number of phosphoric acid groups is 1. The monoisotopic (exact) mass is 298 g/mol. The first kappa shape index (κ1) is 17.1. The summed E-state index contributed by atoms with van der Waals surface area (Å²) in [5.74, 6) is 0. The summed E-state index contributed by atoms with van der Waals surface area (Å²) in [4.78, 5) is 14.7. The van der Waals surface area contributed by atoms with Crippen molar-refractivity contribution in [3.63, 3.8) is 0 Å². The van der Waals surface area contributed by atoms with E-state index < -0.39 is 7.82 Å². The molecule has 0 aliphatic carbocycles. The van der Waals surface area contributed by atoms with Crippen molar-refractivity contribution in [1.82, 2.24) is 0 Å². The Morgan fingerprint density at radius 2 is 1.62 bits per heavy atom.